The second-order valence-electron chi connectivity index (χ2n) is 5.72. The number of likely N-dealkylation sites (tertiary alicyclic amines) is 1. The molecule has 3 heteroatoms. The number of benzene rings is 1. The fraction of sp³-hybridized carbons (Fsp3) is 0.647. The molecule has 1 fully saturated rings. The first kappa shape index (κ1) is 15.5. The Kier molecular flexibility index (Phi) is 6.51. The van der Waals surface area contributed by atoms with Gasteiger partial charge in [0.05, 0.1) is 6.61 Å². The molecular formula is C17H28N2O. The molecule has 1 N–H and O–H groups in total. The molecule has 1 aliphatic heterocycles. The summed E-state index contributed by atoms with van der Waals surface area (Å²) in [5.74, 6) is 0.731. The highest BCUT2D eigenvalue weighted by atomic mass is 16.5. The highest BCUT2D eigenvalue weighted by Gasteiger charge is 2.22. The average molecular weight is 276 g/mol. The van der Waals surface area contributed by atoms with Crippen LogP contribution in [0.5, 0.6) is 0 Å². The van der Waals surface area contributed by atoms with Gasteiger partial charge in [0.25, 0.3) is 0 Å². The van der Waals surface area contributed by atoms with Gasteiger partial charge in [0.15, 0.2) is 0 Å². The quantitative estimate of drug-likeness (QED) is 0.790. The van der Waals surface area contributed by atoms with Gasteiger partial charge in [0.2, 0.25) is 0 Å². The molecule has 1 aromatic rings. The van der Waals surface area contributed by atoms with Crippen molar-refractivity contribution in [1.82, 2.24) is 10.2 Å². The van der Waals surface area contributed by atoms with E-state index in [0.717, 1.165) is 19.1 Å². The smallest absolute Gasteiger partial charge is 0.0503 e. The summed E-state index contributed by atoms with van der Waals surface area (Å²) >= 11 is 0. The van der Waals surface area contributed by atoms with Crippen molar-refractivity contribution in [2.24, 2.45) is 5.92 Å². The topological polar surface area (TPSA) is 24.5 Å². The lowest BCUT2D eigenvalue weighted by Crippen LogP contribution is -2.28. The van der Waals surface area contributed by atoms with Crippen molar-refractivity contribution in [3.05, 3.63) is 35.9 Å². The summed E-state index contributed by atoms with van der Waals surface area (Å²) < 4.78 is 5.27. The van der Waals surface area contributed by atoms with Gasteiger partial charge in [-0.3, -0.25) is 0 Å². The second kappa shape index (κ2) is 8.40. The van der Waals surface area contributed by atoms with Crippen molar-refractivity contribution in [1.29, 1.82) is 0 Å². The highest BCUT2D eigenvalue weighted by molar-refractivity contribution is 5.18. The summed E-state index contributed by atoms with van der Waals surface area (Å²) in [6, 6.07) is 11.3. The number of hydrogen-bond donors (Lipinski definition) is 1. The normalized spacial score (nSPS) is 21.2. The number of hydrogen-bond acceptors (Lipinski definition) is 3. The van der Waals surface area contributed by atoms with Crippen LogP contribution in [0, 0.1) is 5.92 Å². The van der Waals surface area contributed by atoms with Crippen LogP contribution in [0.25, 0.3) is 0 Å². The first-order chi connectivity index (χ1) is 9.83. The molecule has 2 rings (SSSR count). The predicted octanol–water partition coefficient (Wildman–Crippen LogP) is 2.70. The highest BCUT2D eigenvalue weighted by Crippen LogP contribution is 2.21. The molecule has 0 aromatic heterocycles. The van der Waals surface area contributed by atoms with Crippen molar-refractivity contribution in [3.8, 4) is 0 Å². The summed E-state index contributed by atoms with van der Waals surface area (Å²) in [5.41, 5.74) is 1.40. The van der Waals surface area contributed by atoms with E-state index in [2.05, 4.69) is 47.5 Å². The molecule has 1 saturated heterocycles. The Balaban J connectivity index is 1.81. The van der Waals surface area contributed by atoms with Crippen molar-refractivity contribution in [2.75, 3.05) is 39.9 Å². The van der Waals surface area contributed by atoms with Gasteiger partial charge >= 0.3 is 0 Å². The molecule has 0 spiro atoms. The zero-order valence-corrected chi connectivity index (χ0v) is 12.8. The maximum Gasteiger partial charge on any atom is 0.0503 e. The van der Waals surface area contributed by atoms with Gasteiger partial charge in [-0.25, -0.2) is 0 Å². The van der Waals surface area contributed by atoms with Crippen LogP contribution in [0.2, 0.25) is 0 Å². The minimum absolute atomic E-state index is 0.475. The lowest BCUT2D eigenvalue weighted by molar-refractivity contribution is 0.152. The van der Waals surface area contributed by atoms with E-state index in [4.69, 9.17) is 4.74 Å². The third kappa shape index (κ3) is 4.58. The third-order valence-electron chi connectivity index (χ3n) is 4.16. The lowest BCUT2D eigenvalue weighted by Gasteiger charge is -2.22. The fourth-order valence-electron chi connectivity index (χ4n) is 3.12. The molecule has 0 bridgehead atoms. The molecule has 20 heavy (non-hydrogen) atoms. The molecule has 2 atom stereocenters. The summed E-state index contributed by atoms with van der Waals surface area (Å²) in [4.78, 5) is 2.58. The van der Waals surface area contributed by atoms with Gasteiger partial charge in [0.1, 0.15) is 0 Å². The maximum atomic E-state index is 5.27. The van der Waals surface area contributed by atoms with Gasteiger partial charge in [-0.05, 0) is 44.0 Å². The molecule has 0 saturated carbocycles. The monoisotopic (exact) mass is 276 g/mol. The number of rotatable bonds is 8. The standard InChI is InChI=1S/C17H28N2O/c1-3-18-17(16-7-5-4-6-8-16)10-12-19-11-9-15(13-19)14-20-2/h4-8,15,17-18H,3,9-14H2,1-2H3. The number of nitrogens with one attached hydrogen (secondary N) is 1. The minimum Gasteiger partial charge on any atom is -0.384 e. The lowest BCUT2D eigenvalue weighted by atomic mass is 10.0. The molecular weight excluding hydrogens is 248 g/mol. The van der Waals surface area contributed by atoms with Gasteiger partial charge in [-0.2, -0.15) is 0 Å². The molecule has 1 heterocycles. The van der Waals surface area contributed by atoms with E-state index in [1.807, 2.05) is 0 Å². The average Bonchev–Trinajstić information content (AvgIpc) is 2.92. The van der Waals surface area contributed by atoms with E-state index in [0.29, 0.717) is 6.04 Å². The molecule has 3 nitrogen and oxygen atoms in total. The van der Waals surface area contributed by atoms with Crippen LogP contribution in [-0.2, 0) is 4.74 Å². The number of methoxy groups -OCH3 is 1. The van der Waals surface area contributed by atoms with Crippen molar-refractivity contribution < 1.29 is 4.74 Å². The molecule has 1 aliphatic rings. The first-order valence-electron chi connectivity index (χ1n) is 7.83. The van der Waals surface area contributed by atoms with Crippen LogP contribution in [0.3, 0.4) is 0 Å². The van der Waals surface area contributed by atoms with E-state index >= 15 is 0 Å². The van der Waals surface area contributed by atoms with Crippen LogP contribution >= 0.6 is 0 Å². The summed E-state index contributed by atoms with van der Waals surface area (Å²) in [6.45, 7) is 7.70. The number of nitrogens with zero attached hydrogens (tertiary/aromatic N) is 1. The molecule has 2 unspecified atom stereocenters. The van der Waals surface area contributed by atoms with Gasteiger partial charge in [-0.1, -0.05) is 37.3 Å². The Hall–Kier alpha value is -0.900. The van der Waals surface area contributed by atoms with Crippen LogP contribution in [0.4, 0.5) is 0 Å². The summed E-state index contributed by atoms with van der Waals surface area (Å²) in [6.07, 6.45) is 2.46. The van der Waals surface area contributed by atoms with Crippen molar-refractivity contribution in [3.63, 3.8) is 0 Å². The predicted molar refractivity (Wildman–Crippen MR) is 83.9 cm³/mol. The molecule has 1 aromatic carbocycles. The van der Waals surface area contributed by atoms with Gasteiger partial charge in [-0.15, -0.1) is 0 Å². The minimum atomic E-state index is 0.475. The Bertz CT molecular complexity index is 369. The largest absolute Gasteiger partial charge is 0.384 e. The third-order valence-corrected chi connectivity index (χ3v) is 4.16. The second-order valence-corrected chi connectivity index (χ2v) is 5.72. The van der Waals surface area contributed by atoms with Crippen molar-refractivity contribution in [2.45, 2.75) is 25.8 Å². The Labute approximate surface area is 123 Å². The molecule has 0 aliphatic carbocycles. The van der Waals surface area contributed by atoms with E-state index in [9.17, 15) is 0 Å². The van der Waals surface area contributed by atoms with E-state index in [1.54, 1.807) is 7.11 Å². The van der Waals surface area contributed by atoms with Gasteiger partial charge in [0, 0.05) is 19.7 Å². The van der Waals surface area contributed by atoms with E-state index < -0.39 is 0 Å². The first-order valence-corrected chi connectivity index (χ1v) is 7.83. The molecule has 0 radical (unpaired) electrons. The van der Waals surface area contributed by atoms with Crippen LogP contribution < -0.4 is 5.32 Å². The fourth-order valence-corrected chi connectivity index (χ4v) is 3.12. The molecule has 0 amide bonds. The Morgan fingerprint density at radius 2 is 2.15 bits per heavy atom. The zero-order valence-electron chi connectivity index (χ0n) is 12.8. The Morgan fingerprint density at radius 1 is 1.35 bits per heavy atom. The SMILES string of the molecule is CCNC(CCN1CCC(COC)C1)c1ccccc1. The number of ether oxygens (including phenoxy) is 1. The van der Waals surface area contributed by atoms with Crippen LogP contribution in [0.1, 0.15) is 31.4 Å². The Morgan fingerprint density at radius 3 is 2.85 bits per heavy atom. The van der Waals surface area contributed by atoms with Crippen molar-refractivity contribution >= 4 is 0 Å². The van der Waals surface area contributed by atoms with E-state index in [1.165, 1.54) is 38.0 Å². The van der Waals surface area contributed by atoms with Crippen LogP contribution in [-0.4, -0.2) is 44.8 Å². The maximum absolute atomic E-state index is 5.27. The summed E-state index contributed by atoms with van der Waals surface area (Å²) in [5, 5.41) is 3.61. The van der Waals surface area contributed by atoms with Gasteiger partial charge < -0.3 is 15.0 Å². The zero-order chi connectivity index (χ0) is 14.2. The molecule has 112 valence electrons. The summed E-state index contributed by atoms with van der Waals surface area (Å²) in [7, 11) is 1.80. The van der Waals surface area contributed by atoms with Crippen LogP contribution in [0.15, 0.2) is 30.3 Å². The van der Waals surface area contributed by atoms with E-state index in [-0.39, 0.29) is 0 Å².